The lowest BCUT2D eigenvalue weighted by molar-refractivity contribution is 0.554. The summed E-state index contributed by atoms with van der Waals surface area (Å²) in [6, 6.07) is 11.0. The summed E-state index contributed by atoms with van der Waals surface area (Å²) >= 11 is 6.11. The van der Waals surface area contributed by atoms with Gasteiger partial charge in [0.05, 0.1) is 0 Å². The highest BCUT2D eigenvalue weighted by molar-refractivity contribution is 6.30. The first-order chi connectivity index (χ1) is 8.56. The van der Waals surface area contributed by atoms with Crippen molar-refractivity contribution in [3.63, 3.8) is 0 Å². The Labute approximate surface area is 111 Å². The zero-order valence-electron chi connectivity index (χ0n) is 10.4. The fourth-order valence-corrected chi connectivity index (χ4v) is 3.11. The van der Waals surface area contributed by atoms with Crippen LogP contribution in [-0.2, 0) is 5.41 Å². The molecule has 2 aromatic carbocycles. The van der Waals surface area contributed by atoms with Gasteiger partial charge in [-0.1, -0.05) is 37.6 Å². The Kier molecular flexibility index (Phi) is 2.49. The molecule has 2 aromatic rings. The number of benzene rings is 2. The van der Waals surface area contributed by atoms with E-state index in [9.17, 15) is 4.39 Å². The Balaban J connectivity index is 2.37. The van der Waals surface area contributed by atoms with Gasteiger partial charge in [-0.2, -0.15) is 0 Å². The first kappa shape index (κ1) is 11.7. The Hall–Kier alpha value is -1.34. The standard InChI is InChI=1S/C16H14ClF/c1-3-16(2)14-8-10(17)4-6-12(14)13-7-5-11(18)9-15(13)16/h4-9H,3H2,1-2H3. The summed E-state index contributed by atoms with van der Waals surface area (Å²) in [5, 5.41) is 0.738. The van der Waals surface area contributed by atoms with Crippen molar-refractivity contribution in [2.75, 3.05) is 0 Å². The zero-order valence-corrected chi connectivity index (χ0v) is 11.2. The summed E-state index contributed by atoms with van der Waals surface area (Å²) in [5.41, 5.74) is 4.45. The average molecular weight is 261 g/mol. The van der Waals surface area contributed by atoms with Crippen molar-refractivity contribution < 1.29 is 4.39 Å². The molecule has 2 heteroatoms. The molecule has 3 rings (SSSR count). The van der Waals surface area contributed by atoms with E-state index < -0.39 is 0 Å². The van der Waals surface area contributed by atoms with Crippen LogP contribution in [0.25, 0.3) is 11.1 Å². The van der Waals surface area contributed by atoms with Crippen LogP contribution >= 0.6 is 11.6 Å². The summed E-state index contributed by atoms with van der Waals surface area (Å²) in [7, 11) is 0. The van der Waals surface area contributed by atoms with Gasteiger partial charge in [0.2, 0.25) is 0 Å². The summed E-state index contributed by atoms with van der Waals surface area (Å²) in [6.45, 7) is 4.29. The third-order valence-electron chi connectivity index (χ3n) is 4.15. The second-order valence-electron chi connectivity index (χ2n) is 5.07. The number of hydrogen-bond acceptors (Lipinski definition) is 0. The van der Waals surface area contributed by atoms with E-state index in [1.165, 1.54) is 17.2 Å². The van der Waals surface area contributed by atoms with E-state index in [1.54, 1.807) is 6.07 Å². The van der Waals surface area contributed by atoms with Gasteiger partial charge >= 0.3 is 0 Å². The molecule has 18 heavy (non-hydrogen) atoms. The molecule has 0 bridgehead atoms. The SMILES string of the molecule is CCC1(C)c2cc(F)ccc2-c2ccc(Cl)cc21. The largest absolute Gasteiger partial charge is 0.207 e. The van der Waals surface area contributed by atoms with Crippen LogP contribution in [0, 0.1) is 5.82 Å². The molecule has 1 aliphatic carbocycles. The highest BCUT2D eigenvalue weighted by Crippen LogP contribution is 2.51. The van der Waals surface area contributed by atoms with E-state index in [-0.39, 0.29) is 11.2 Å². The smallest absolute Gasteiger partial charge is 0.123 e. The minimum atomic E-state index is -0.174. The van der Waals surface area contributed by atoms with E-state index >= 15 is 0 Å². The van der Waals surface area contributed by atoms with Gasteiger partial charge in [0.15, 0.2) is 0 Å². The summed E-state index contributed by atoms with van der Waals surface area (Å²) in [4.78, 5) is 0. The van der Waals surface area contributed by atoms with E-state index in [0.29, 0.717) is 0 Å². The molecule has 0 nitrogen and oxygen atoms in total. The van der Waals surface area contributed by atoms with Crippen LogP contribution in [0.5, 0.6) is 0 Å². The molecule has 0 heterocycles. The summed E-state index contributed by atoms with van der Waals surface area (Å²) in [5.74, 6) is -0.174. The van der Waals surface area contributed by atoms with E-state index in [4.69, 9.17) is 11.6 Å². The predicted octanol–water partition coefficient (Wildman–Crippen LogP) is 5.18. The fraction of sp³-hybridized carbons (Fsp3) is 0.250. The second-order valence-corrected chi connectivity index (χ2v) is 5.50. The van der Waals surface area contributed by atoms with Crippen molar-refractivity contribution in [2.24, 2.45) is 0 Å². The number of rotatable bonds is 1. The fourth-order valence-electron chi connectivity index (χ4n) is 2.94. The van der Waals surface area contributed by atoms with Crippen molar-refractivity contribution in [2.45, 2.75) is 25.7 Å². The third-order valence-corrected chi connectivity index (χ3v) is 4.38. The van der Waals surface area contributed by atoms with Gasteiger partial charge in [-0.3, -0.25) is 0 Å². The molecule has 0 aliphatic heterocycles. The second kappa shape index (κ2) is 3.83. The molecular formula is C16H14ClF. The molecule has 0 radical (unpaired) electrons. The topological polar surface area (TPSA) is 0 Å². The van der Waals surface area contributed by atoms with Gasteiger partial charge in [0, 0.05) is 10.4 Å². The van der Waals surface area contributed by atoms with Crippen LogP contribution in [0.15, 0.2) is 36.4 Å². The monoisotopic (exact) mass is 260 g/mol. The average Bonchev–Trinajstić information content (AvgIpc) is 2.60. The number of fused-ring (bicyclic) bond motifs is 3. The van der Waals surface area contributed by atoms with Crippen molar-refractivity contribution in [1.29, 1.82) is 0 Å². The van der Waals surface area contributed by atoms with Crippen LogP contribution in [-0.4, -0.2) is 0 Å². The van der Waals surface area contributed by atoms with E-state index in [0.717, 1.165) is 22.6 Å². The van der Waals surface area contributed by atoms with Crippen LogP contribution in [0.3, 0.4) is 0 Å². The van der Waals surface area contributed by atoms with Gasteiger partial charge in [0.25, 0.3) is 0 Å². The van der Waals surface area contributed by atoms with Gasteiger partial charge in [-0.05, 0) is 52.9 Å². The minimum Gasteiger partial charge on any atom is -0.207 e. The molecule has 0 amide bonds. The lowest BCUT2D eigenvalue weighted by Crippen LogP contribution is -2.19. The lowest BCUT2D eigenvalue weighted by Gasteiger charge is -2.25. The molecule has 1 aliphatic rings. The van der Waals surface area contributed by atoms with Crippen molar-refractivity contribution >= 4 is 11.6 Å². The van der Waals surface area contributed by atoms with Crippen LogP contribution in [0.4, 0.5) is 4.39 Å². The molecule has 1 atom stereocenters. The van der Waals surface area contributed by atoms with Crippen molar-refractivity contribution in [3.8, 4) is 11.1 Å². The van der Waals surface area contributed by atoms with Gasteiger partial charge < -0.3 is 0 Å². The maximum atomic E-state index is 13.5. The number of halogens is 2. The van der Waals surface area contributed by atoms with Gasteiger partial charge in [-0.25, -0.2) is 4.39 Å². The first-order valence-electron chi connectivity index (χ1n) is 6.16. The summed E-state index contributed by atoms with van der Waals surface area (Å²) < 4.78 is 13.5. The normalized spacial score (nSPS) is 20.7. The third kappa shape index (κ3) is 1.44. The molecule has 0 spiro atoms. The molecule has 1 unspecified atom stereocenters. The maximum Gasteiger partial charge on any atom is 0.123 e. The Morgan fingerprint density at radius 2 is 1.67 bits per heavy atom. The van der Waals surface area contributed by atoms with Gasteiger partial charge in [0.1, 0.15) is 5.82 Å². The Morgan fingerprint density at radius 3 is 2.33 bits per heavy atom. The number of hydrogen-bond donors (Lipinski definition) is 0. The maximum absolute atomic E-state index is 13.5. The quantitative estimate of drug-likeness (QED) is 0.663. The molecule has 0 aromatic heterocycles. The Bertz CT molecular complexity index is 579. The van der Waals surface area contributed by atoms with Crippen molar-refractivity contribution in [1.82, 2.24) is 0 Å². The molecule has 0 fully saturated rings. The molecule has 0 N–H and O–H groups in total. The van der Waals surface area contributed by atoms with Crippen LogP contribution < -0.4 is 0 Å². The van der Waals surface area contributed by atoms with Gasteiger partial charge in [-0.15, -0.1) is 0 Å². The molecular weight excluding hydrogens is 247 g/mol. The highest BCUT2D eigenvalue weighted by atomic mass is 35.5. The van der Waals surface area contributed by atoms with Crippen LogP contribution in [0.1, 0.15) is 31.4 Å². The van der Waals surface area contributed by atoms with Crippen LogP contribution in [0.2, 0.25) is 5.02 Å². The predicted molar refractivity (Wildman–Crippen MR) is 73.6 cm³/mol. The van der Waals surface area contributed by atoms with Crippen molar-refractivity contribution in [3.05, 3.63) is 58.4 Å². The lowest BCUT2D eigenvalue weighted by atomic mass is 9.78. The molecule has 0 saturated heterocycles. The zero-order chi connectivity index (χ0) is 12.9. The highest BCUT2D eigenvalue weighted by Gasteiger charge is 2.38. The molecule has 0 saturated carbocycles. The summed E-state index contributed by atoms with van der Waals surface area (Å²) in [6.07, 6.45) is 0.927. The van der Waals surface area contributed by atoms with E-state index in [2.05, 4.69) is 13.8 Å². The minimum absolute atomic E-state index is 0.141. The molecule has 92 valence electrons. The van der Waals surface area contributed by atoms with E-state index in [1.807, 2.05) is 24.3 Å². The first-order valence-corrected chi connectivity index (χ1v) is 6.54. The Morgan fingerprint density at radius 1 is 1.06 bits per heavy atom.